The number of benzene rings is 1. The fourth-order valence-corrected chi connectivity index (χ4v) is 2.83. The van der Waals surface area contributed by atoms with Gasteiger partial charge in [0, 0.05) is 0 Å². The van der Waals surface area contributed by atoms with Gasteiger partial charge in [-0.1, -0.05) is 42.5 Å². The summed E-state index contributed by atoms with van der Waals surface area (Å²) in [5.74, 6) is -0.926. The van der Waals surface area contributed by atoms with Crippen molar-refractivity contribution in [2.75, 3.05) is 6.61 Å². The van der Waals surface area contributed by atoms with Gasteiger partial charge in [-0.15, -0.1) is 0 Å². The molecule has 0 spiro atoms. The second-order valence-electron chi connectivity index (χ2n) is 5.39. The Hall–Kier alpha value is -2.14. The number of hydrogen-bond donors (Lipinski definition) is 1. The number of hydrogen-bond acceptors (Lipinski definition) is 4. The van der Waals surface area contributed by atoms with Crippen LogP contribution in [0.2, 0.25) is 0 Å². The number of imide groups is 1. The molecule has 5 heteroatoms. The summed E-state index contributed by atoms with van der Waals surface area (Å²) in [6.45, 7) is 0.204. The third-order valence-electron chi connectivity index (χ3n) is 3.97. The molecule has 3 rings (SSSR count). The minimum absolute atomic E-state index is 0.204. The molecule has 110 valence electrons. The van der Waals surface area contributed by atoms with Crippen LogP contribution in [0.4, 0.5) is 4.79 Å². The molecule has 21 heavy (non-hydrogen) atoms. The maximum Gasteiger partial charge on any atom is 0.416 e. The lowest BCUT2D eigenvalue weighted by atomic mass is 10.0. The van der Waals surface area contributed by atoms with Crippen molar-refractivity contribution in [2.45, 2.75) is 25.0 Å². The average molecular weight is 287 g/mol. The Balaban J connectivity index is 1.75. The van der Waals surface area contributed by atoms with Crippen molar-refractivity contribution in [3.05, 3.63) is 48.0 Å². The first-order chi connectivity index (χ1) is 10.2. The van der Waals surface area contributed by atoms with Crippen LogP contribution in [0.15, 0.2) is 42.5 Å². The van der Waals surface area contributed by atoms with Crippen LogP contribution in [0.3, 0.4) is 0 Å². The fraction of sp³-hybridized carbons (Fsp3) is 0.375. The largest absolute Gasteiger partial charge is 0.447 e. The maximum absolute atomic E-state index is 12.5. The molecule has 0 unspecified atom stereocenters. The summed E-state index contributed by atoms with van der Waals surface area (Å²) in [5.41, 5.74) is 1.05. The van der Waals surface area contributed by atoms with E-state index in [1.54, 1.807) is 12.2 Å². The summed E-state index contributed by atoms with van der Waals surface area (Å²) in [6, 6.07) is 9.37. The van der Waals surface area contributed by atoms with E-state index in [1.807, 2.05) is 30.3 Å². The Morgan fingerprint density at radius 3 is 2.76 bits per heavy atom. The molecule has 1 heterocycles. The van der Waals surface area contributed by atoms with E-state index in [1.165, 1.54) is 4.90 Å². The van der Waals surface area contributed by atoms with Gasteiger partial charge in [-0.25, -0.2) is 9.69 Å². The van der Waals surface area contributed by atoms with Crippen LogP contribution in [0.5, 0.6) is 0 Å². The number of carbonyl (C=O) groups excluding carboxylic acids is 2. The average Bonchev–Trinajstić information content (AvgIpc) is 3.06. The number of allylic oxidation sites excluding steroid dienone is 1. The molecule has 0 saturated carbocycles. The van der Waals surface area contributed by atoms with Crippen LogP contribution >= 0.6 is 0 Å². The van der Waals surface area contributed by atoms with E-state index in [9.17, 15) is 14.7 Å². The zero-order valence-electron chi connectivity index (χ0n) is 11.5. The van der Waals surface area contributed by atoms with Gasteiger partial charge in [-0.2, -0.15) is 0 Å². The summed E-state index contributed by atoms with van der Waals surface area (Å²) in [6.07, 6.45) is 2.95. The lowest BCUT2D eigenvalue weighted by molar-refractivity contribution is -0.135. The van der Waals surface area contributed by atoms with Crippen LogP contribution in [0, 0.1) is 5.92 Å². The second-order valence-corrected chi connectivity index (χ2v) is 5.39. The van der Waals surface area contributed by atoms with Gasteiger partial charge in [0.25, 0.3) is 0 Å². The first-order valence-electron chi connectivity index (χ1n) is 7.05. The molecule has 2 aliphatic rings. The summed E-state index contributed by atoms with van der Waals surface area (Å²) in [4.78, 5) is 25.5. The van der Waals surface area contributed by atoms with Gasteiger partial charge >= 0.3 is 6.09 Å². The number of cyclic esters (lactones) is 1. The van der Waals surface area contributed by atoms with Crippen LogP contribution in [-0.2, 0) is 16.0 Å². The molecule has 3 atom stereocenters. The topological polar surface area (TPSA) is 66.8 Å². The second kappa shape index (κ2) is 5.69. The van der Waals surface area contributed by atoms with E-state index in [2.05, 4.69) is 0 Å². The Kier molecular flexibility index (Phi) is 3.75. The number of aliphatic hydroxyl groups is 1. The molecule has 0 radical (unpaired) electrons. The SMILES string of the molecule is O=C1OC[C@@H](Cc2ccccc2)N1C(=O)[C@H]1CC=C[C@H]1O. The van der Waals surface area contributed by atoms with Crippen LogP contribution in [-0.4, -0.2) is 40.8 Å². The number of carbonyl (C=O) groups is 2. The van der Waals surface area contributed by atoms with Crippen molar-refractivity contribution >= 4 is 12.0 Å². The molecule has 1 saturated heterocycles. The molecule has 1 fully saturated rings. The third kappa shape index (κ3) is 2.69. The smallest absolute Gasteiger partial charge is 0.416 e. The molecular weight excluding hydrogens is 270 g/mol. The van der Waals surface area contributed by atoms with Gasteiger partial charge in [-0.3, -0.25) is 4.79 Å². The number of ether oxygens (including phenoxy) is 1. The highest BCUT2D eigenvalue weighted by molar-refractivity contribution is 5.95. The standard InChI is InChI=1S/C16H17NO4/c18-14-8-4-7-13(14)15(19)17-12(10-21-16(17)20)9-11-5-2-1-3-6-11/h1-6,8,12-14,18H,7,9-10H2/t12-,13+,14-/m1/s1. The molecule has 2 amide bonds. The molecular formula is C16H17NO4. The maximum atomic E-state index is 12.5. The molecule has 1 aromatic rings. The van der Waals surface area contributed by atoms with Crippen molar-refractivity contribution in [3.63, 3.8) is 0 Å². The number of aliphatic hydroxyl groups excluding tert-OH is 1. The van der Waals surface area contributed by atoms with E-state index in [4.69, 9.17) is 4.74 Å². The van der Waals surface area contributed by atoms with Gasteiger partial charge in [0.1, 0.15) is 6.61 Å². The molecule has 5 nitrogen and oxygen atoms in total. The lowest BCUT2D eigenvalue weighted by Gasteiger charge is -2.24. The molecule has 1 aromatic carbocycles. The Labute approximate surface area is 122 Å². The molecule has 1 N–H and O–H groups in total. The lowest BCUT2D eigenvalue weighted by Crippen LogP contribution is -2.45. The summed E-state index contributed by atoms with van der Waals surface area (Å²) < 4.78 is 5.03. The van der Waals surface area contributed by atoms with Crippen molar-refractivity contribution in [1.82, 2.24) is 4.90 Å². The highest BCUT2D eigenvalue weighted by Crippen LogP contribution is 2.26. The van der Waals surface area contributed by atoms with Gasteiger partial charge in [-0.05, 0) is 18.4 Å². The first-order valence-corrected chi connectivity index (χ1v) is 7.05. The van der Waals surface area contributed by atoms with Crippen LogP contribution in [0.25, 0.3) is 0 Å². The minimum atomic E-state index is -0.816. The van der Waals surface area contributed by atoms with Crippen LogP contribution in [0.1, 0.15) is 12.0 Å². The van der Waals surface area contributed by atoms with E-state index < -0.39 is 18.1 Å². The Bertz CT molecular complexity index is 569. The van der Waals surface area contributed by atoms with E-state index in [-0.39, 0.29) is 18.6 Å². The number of amides is 2. The predicted molar refractivity (Wildman–Crippen MR) is 75.4 cm³/mol. The zero-order valence-corrected chi connectivity index (χ0v) is 11.5. The quantitative estimate of drug-likeness (QED) is 0.856. The molecule has 1 aliphatic carbocycles. The predicted octanol–water partition coefficient (Wildman–Crippen LogP) is 1.51. The molecule has 0 aromatic heterocycles. The number of nitrogens with zero attached hydrogens (tertiary/aromatic N) is 1. The fourth-order valence-electron chi connectivity index (χ4n) is 2.83. The first kappa shape index (κ1) is 13.8. The Morgan fingerprint density at radius 2 is 2.10 bits per heavy atom. The highest BCUT2D eigenvalue weighted by atomic mass is 16.6. The van der Waals surface area contributed by atoms with E-state index >= 15 is 0 Å². The monoisotopic (exact) mass is 287 g/mol. The summed E-state index contributed by atoms with van der Waals surface area (Å²) in [7, 11) is 0. The molecule has 1 aliphatic heterocycles. The van der Waals surface area contributed by atoms with Gasteiger partial charge in [0.15, 0.2) is 0 Å². The van der Waals surface area contributed by atoms with Gasteiger partial charge in [0.2, 0.25) is 5.91 Å². The molecule has 0 bridgehead atoms. The van der Waals surface area contributed by atoms with E-state index in [0.29, 0.717) is 12.8 Å². The summed E-state index contributed by atoms with van der Waals surface area (Å²) >= 11 is 0. The van der Waals surface area contributed by atoms with Crippen molar-refractivity contribution < 1.29 is 19.4 Å². The summed E-state index contributed by atoms with van der Waals surface area (Å²) in [5, 5.41) is 9.80. The van der Waals surface area contributed by atoms with E-state index in [0.717, 1.165) is 5.56 Å². The number of rotatable bonds is 3. The third-order valence-corrected chi connectivity index (χ3v) is 3.97. The Morgan fingerprint density at radius 1 is 1.33 bits per heavy atom. The minimum Gasteiger partial charge on any atom is -0.447 e. The highest BCUT2D eigenvalue weighted by Gasteiger charge is 2.42. The van der Waals surface area contributed by atoms with Gasteiger partial charge in [0.05, 0.1) is 18.1 Å². The van der Waals surface area contributed by atoms with Crippen LogP contribution < -0.4 is 0 Å². The zero-order chi connectivity index (χ0) is 14.8. The van der Waals surface area contributed by atoms with Crippen molar-refractivity contribution in [1.29, 1.82) is 0 Å². The van der Waals surface area contributed by atoms with Gasteiger partial charge < -0.3 is 9.84 Å². The van der Waals surface area contributed by atoms with Crippen molar-refractivity contribution in [3.8, 4) is 0 Å². The van der Waals surface area contributed by atoms with Crippen molar-refractivity contribution in [2.24, 2.45) is 5.92 Å². The normalized spacial score (nSPS) is 28.0.